The second-order valence-corrected chi connectivity index (χ2v) is 6.67. The van der Waals surface area contributed by atoms with E-state index in [1.807, 2.05) is 20.8 Å². The van der Waals surface area contributed by atoms with E-state index in [9.17, 15) is 0 Å². The summed E-state index contributed by atoms with van der Waals surface area (Å²) in [6.45, 7) is 12.6. The Morgan fingerprint density at radius 2 is 1.70 bits per heavy atom. The van der Waals surface area contributed by atoms with Gasteiger partial charge in [-0.2, -0.15) is 4.98 Å². The van der Waals surface area contributed by atoms with Gasteiger partial charge in [0.25, 0.3) is 0 Å². The van der Waals surface area contributed by atoms with Gasteiger partial charge in [0, 0.05) is 18.9 Å². The molecule has 0 saturated heterocycles. The van der Waals surface area contributed by atoms with Crippen LogP contribution in [-0.4, -0.2) is 29.3 Å². The Kier molecular flexibility index (Phi) is 4.97. The SMILES string of the molecule is COC(C)(C)CCOc1nc(C(C)(C)C)nc(N)c1C. The first-order valence-electron chi connectivity index (χ1n) is 6.89. The van der Waals surface area contributed by atoms with Gasteiger partial charge >= 0.3 is 0 Å². The van der Waals surface area contributed by atoms with Gasteiger partial charge in [-0.3, -0.25) is 0 Å². The number of nitrogens with zero attached hydrogens (tertiary/aromatic N) is 2. The summed E-state index contributed by atoms with van der Waals surface area (Å²) in [6.07, 6.45) is 0.775. The average Bonchev–Trinajstić information content (AvgIpc) is 2.32. The van der Waals surface area contributed by atoms with E-state index in [1.165, 1.54) is 0 Å². The van der Waals surface area contributed by atoms with Crippen LogP contribution in [0.4, 0.5) is 5.82 Å². The van der Waals surface area contributed by atoms with E-state index < -0.39 is 0 Å². The Morgan fingerprint density at radius 1 is 1.10 bits per heavy atom. The molecule has 0 amide bonds. The largest absolute Gasteiger partial charge is 0.477 e. The summed E-state index contributed by atoms with van der Waals surface area (Å²) >= 11 is 0. The molecule has 1 aromatic rings. The fourth-order valence-corrected chi connectivity index (χ4v) is 1.48. The van der Waals surface area contributed by atoms with Crippen molar-refractivity contribution in [1.29, 1.82) is 0 Å². The Balaban J connectivity index is 2.87. The number of aromatic nitrogens is 2. The van der Waals surface area contributed by atoms with Crippen LogP contribution in [0.5, 0.6) is 5.88 Å². The number of nitrogen functional groups attached to an aromatic ring is 1. The maximum absolute atomic E-state index is 5.95. The molecule has 114 valence electrons. The molecule has 5 nitrogen and oxygen atoms in total. The Hall–Kier alpha value is -1.36. The minimum absolute atomic E-state index is 0.161. The predicted octanol–water partition coefficient (Wildman–Crippen LogP) is 2.86. The average molecular weight is 281 g/mol. The summed E-state index contributed by atoms with van der Waals surface area (Å²) in [5.41, 5.74) is 6.36. The molecule has 20 heavy (non-hydrogen) atoms. The van der Waals surface area contributed by atoms with Crippen molar-refractivity contribution in [1.82, 2.24) is 9.97 Å². The molecular formula is C15H27N3O2. The van der Waals surface area contributed by atoms with Crippen LogP contribution in [0.3, 0.4) is 0 Å². The van der Waals surface area contributed by atoms with E-state index in [0.717, 1.165) is 12.0 Å². The van der Waals surface area contributed by atoms with Gasteiger partial charge in [-0.1, -0.05) is 20.8 Å². The molecule has 0 bridgehead atoms. The van der Waals surface area contributed by atoms with Gasteiger partial charge in [-0.25, -0.2) is 4.98 Å². The van der Waals surface area contributed by atoms with Crippen LogP contribution >= 0.6 is 0 Å². The summed E-state index contributed by atoms with van der Waals surface area (Å²) in [7, 11) is 1.70. The minimum Gasteiger partial charge on any atom is -0.477 e. The van der Waals surface area contributed by atoms with E-state index in [1.54, 1.807) is 7.11 Å². The van der Waals surface area contributed by atoms with Crippen molar-refractivity contribution < 1.29 is 9.47 Å². The van der Waals surface area contributed by atoms with Gasteiger partial charge in [-0.15, -0.1) is 0 Å². The molecule has 0 spiro atoms. The molecular weight excluding hydrogens is 254 g/mol. The van der Waals surface area contributed by atoms with Crippen molar-refractivity contribution in [2.24, 2.45) is 0 Å². The lowest BCUT2D eigenvalue weighted by Crippen LogP contribution is -2.25. The molecule has 0 aromatic carbocycles. The maximum atomic E-state index is 5.95. The molecule has 2 N–H and O–H groups in total. The van der Waals surface area contributed by atoms with E-state index >= 15 is 0 Å². The number of methoxy groups -OCH3 is 1. The standard InChI is InChI=1S/C15H27N3O2/c1-10-11(16)17-13(14(2,3)4)18-12(10)20-9-8-15(5,6)19-7/h8-9H2,1-7H3,(H2,16,17,18). The molecule has 1 rings (SSSR count). The van der Waals surface area contributed by atoms with Crippen LogP contribution in [0.25, 0.3) is 0 Å². The van der Waals surface area contributed by atoms with Crippen molar-refractivity contribution in [3.05, 3.63) is 11.4 Å². The molecule has 0 aliphatic rings. The van der Waals surface area contributed by atoms with Crippen LogP contribution in [-0.2, 0) is 10.2 Å². The number of hydrogen-bond acceptors (Lipinski definition) is 5. The summed E-state index contributed by atoms with van der Waals surface area (Å²) in [5.74, 6) is 1.74. The highest BCUT2D eigenvalue weighted by atomic mass is 16.5. The predicted molar refractivity (Wildman–Crippen MR) is 81.1 cm³/mol. The highest BCUT2D eigenvalue weighted by molar-refractivity contribution is 5.45. The van der Waals surface area contributed by atoms with Crippen LogP contribution in [0.2, 0.25) is 0 Å². The zero-order valence-corrected chi connectivity index (χ0v) is 13.7. The summed E-state index contributed by atoms with van der Waals surface area (Å²) in [6, 6.07) is 0. The third-order valence-corrected chi connectivity index (χ3v) is 3.31. The van der Waals surface area contributed by atoms with Crippen molar-refractivity contribution in [2.75, 3.05) is 19.5 Å². The monoisotopic (exact) mass is 281 g/mol. The number of rotatable bonds is 5. The molecule has 0 aliphatic carbocycles. The molecule has 0 fully saturated rings. The van der Waals surface area contributed by atoms with Gasteiger partial charge in [0.2, 0.25) is 5.88 Å². The van der Waals surface area contributed by atoms with Crippen LogP contribution < -0.4 is 10.5 Å². The molecule has 1 aromatic heterocycles. The smallest absolute Gasteiger partial charge is 0.221 e. The van der Waals surface area contributed by atoms with Gasteiger partial charge < -0.3 is 15.2 Å². The minimum atomic E-state index is -0.209. The van der Waals surface area contributed by atoms with E-state index in [-0.39, 0.29) is 11.0 Å². The van der Waals surface area contributed by atoms with Crippen LogP contribution in [0.15, 0.2) is 0 Å². The second kappa shape index (κ2) is 5.95. The Morgan fingerprint density at radius 3 is 2.20 bits per heavy atom. The fraction of sp³-hybridized carbons (Fsp3) is 0.733. The van der Waals surface area contributed by atoms with Gasteiger partial charge in [0.1, 0.15) is 11.6 Å². The number of anilines is 1. The zero-order valence-electron chi connectivity index (χ0n) is 13.7. The lowest BCUT2D eigenvalue weighted by Gasteiger charge is -2.23. The highest BCUT2D eigenvalue weighted by Gasteiger charge is 2.22. The number of nitrogens with two attached hydrogens (primary N) is 1. The van der Waals surface area contributed by atoms with Crippen molar-refractivity contribution in [3.8, 4) is 5.88 Å². The Labute approximate surface area is 121 Å². The van der Waals surface area contributed by atoms with E-state index in [0.29, 0.717) is 24.1 Å². The molecule has 1 heterocycles. The summed E-state index contributed by atoms with van der Waals surface area (Å²) in [5, 5.41) is 0. The molecule has 0 atom stereocenters. The van der Waals surface area contributed by atoms with Gasteiger partial charge in [0.05, 0.1) is 17.8 Å². The summed E-state index contributed by atoms with van der Waals surface area (Å²) in [4.78, 5) is 8.84. The van der Waals surface area contributed by atoms with Gasteiger partial charge in [0.15, 0.2) is 0 Å². The zero-order chi connectivity index (χ0) is 15.6. The van der Waals surface area contributed by atoms with Crippen molar-refractivity contribution in [3.63, 3.8) is 0 Å². The normalized spacial score (nSPS) is 12.6. The van der Waals surface area contributed by atoms with E-state index in [4.69, 9.17) is 15.2 Å². The molecule has 0 saturated carbocycles. The summed E-state index contributed by atoms with van der Waals surface area (Å²) < 4.78 is 11.2. The van der Waals surface area contributed by atoms with Gasteiger partial charge in [-0.05, 0) is 20.8 Å². The molecule has 5 heteroatoms. The van der Waals surface area contributed by atoms with E-state index in [2.05, 4.69) is 30.7 Å². The molecule has 0 radical (unpaired) electrons. The quantitative estimate of drug-likeness (QED) is 0.898. The first-order valence-corrected chi connectivity index (χ1v) is 6.89. The Bertz CT molecular complexity index is 465. The van der Waals surface area contributed by atoms with Crippen molar-refractivity contribution >= 4 is 5.82 Å². The lowest BCUT2D eigenvalue weighted by molar-refractivity contribution is 0.00498. The fourth-order valence-electron chi connectivity index (χ4n) is 1.48. The topological polar surface area (TPSA) is 70.3 Å². The molecule has 0 aliphatic heterocycles. The third kappa shape index (κ3) is 4.34. The lowest BCUT2D eigenvalue weighted by atomic mass is 9.95. The van der Waals surface area contributed by atoms with Crippen LogP contribution in [0.1, 0.15) is 52.4 Å². The van der Waals surface area contributed by atoms with Crippen LogP contribution in [0, 0.1) is 6.92 Å². The number of hydrogen-bond donors (Lipinski definition) is 1. The third-order valence-electron chi connectivity index (χ3n) is 3.31. The molecule has 0 unspecified atom stereocenters. The first-order chi connectivity index (χ1) is 9.07. The first kappa shape index (κ1) is 16.7. The number of ether oxygens (including phenoxy) is 2. The highest BCUT2D eigenvalue weighted by Crippen LogP contribution is 2.26. The second-order valence-electron chi connectivity index (χ2n) is 6.67. The maximum Gasteiger partial charge on any atom is 0.221 e. The van der Waals surface area contributed by atoms with Crippen molar-refractivity contribution in [2.45, 2.75) is 59.0 Å².